The van der Waals surface area contributed by atoms with Gasteiger partial charge in [0.05, 0.1) is 5.92 Å². The lowest BCUT2D eigenvalue weighted by Gasteiger charge is -2.32. The molecule has 2 aliphatic carbocycles. The molecule has 3 amide bonds. The second-order valence-electron chi connectivity index (χ2n) is 7.26. The molecule has 0 spiro atoms. The number of rotatable bonds is 4. The number of hydrogen-bond donors (Lipinski definition) is 2. The molecule has 1 unspecified atom stereocenters. The molecule has 0 radical (unpaired) electrons. The molecule has 1 aliphatic heterocycles. The van der Waals surface area contributed by atoms with E-state index in [1.807, 2.05) is 4.90 Å². The van der Waals surface area contributed by atoms with E-state index in [0.29, 0.717) is 18.5 Å². The molecule has 0 aromatic carbocycles. The molecule has 22 heavy (non-hydrogen) atoms. The number of carbonyl (C=O) groups is 2. The highest BCUT2D eigenvalue weighted by molar-refractivity contribution is 5.81. The van der Waals surface area contributed by atoms with Gasteiger partial charge in [0.1, 0.15) is 0 Å². The average molecular weight is 307 g/mol. The van der Waals surface area contributed by atoms with E-state index < -0.39 is 0 Å². The zero-order valence-corrected chi connectivity index (χ0v) is 13.5. The minimum Gasteiger partial charge on any atom is -0.356 e. The van der Waals surface area contributed by atoms with E-state index in [9.17, 15) is 9.59 Å². The Morgan fingerprint density at radius 2 is 1.73 bits per heavy atom. The van der Waals surface area contributed by atoms with Crippen LogP contribution in [-0.2, 0) is 4.79 Å². The van der Waals surface area contributed by atoms with Crippen LogP contribution in [0.1, 0.15) is 57.8 Å². The van der Waals surface area contributed by atoms with Crippen molar-refractivity contribution in [3.05, 3.63) is 0 Å². The summed E-state index contributed by atoms with van der Waals surface area (Å²) in [4.78, 5) is 26.3. The van der Waals surface area contributed by atoms with E-state index in [2.05, 4.69) is 10.6 Å². The van der Waals surface area contributed by atoms with Crippen molar-refractivity contribution in [3.8, 4) is 0 Å². The molecule has 1 heterocycles. The molecular formula is C17H29N3O2. The molecule has 1 atom stereocenters. The number of nitrogens with one attached hydrogen (secondary N) is 2. The van der Waals surface area contributed by atoms with Crippen LogP contribution in [0.3, 0.4) is 0 Å². The summed E-state index contributed by atoms with van der Waals surface area (Å²) in [7, 11) is 0. The van der Waals surface area contributed by atoms with Crippen LogP contribution >= 0.6 is 0 Å². The maximum atomic E-state index is 12.4. The standard InChI is InChI=1S/C17H29N3O2/c21-16(18-11-13-5-2-1-3-6-13)14-7-4-10-20(12-14)17(22)19-15-8-9-15/h13-15H,1-12H2,(H,18,21)(H,19,22). The van der Waals surface area contributed by atoms with E-state index in [4.69, 9.17) is 0 Å². The zero-order chi connectivity index (χ0) is 15.4. The van der Waals surface area contributed by atoms with E-state index in [-0.39, 0.29) is 17.9 Å². The van der Waals surface area contributed by atoms with Gasteiger partial charge in [-0.15, -0.1) is 0 Å². The van der Waals surface area contributed by atoms with Crippen LogP contribution in [0.5, 0.6) is 0 Å². The molecule has 5 nitrogen and oxygen atoms in total. The van der Waals surface area contributed by atoms with Crippen molar-refractivity contribution < 1.29 is 9.59 Å². The first-order valence-corrected chi connectivity index (χ1v) is 9.05. The van der Waals surface area contributed by atoms with Crippen molar-refractivity contribution in [2.24, 2.45) is 11.8 Å². The van der Waals surface area contributed by atoms with Gasteiger partial charge in [-0.25, -0.2) is 4.79 Å². The Morgan fingerprint density at radius 1 is 0.955 bits per heavy atom. The van der Waals surface area contributed by atoms with Crippen LogP contribution in [0.2, 0.25) is 0 Å². The Morgan fingerprint density at radius 3 is 2.45 bits per heavy atom. The number of likely N-dealkylation sites (tertiary alicyclic amines) is 1. The van der Waals surface area contributed by atoms with Crippen molar-refractivity contribution in [1.29, 1.82) is 0 Å². The van der Waals surface area contributed by atoms with Crippen LogP contribution in [0.25, 0.3) is 0 Å². The van der Waals surface area contributed by atoms with Crippen molar-refractivity contribution in [1.82, 2.24) is 15.5 Å². The Labute approximate surface area is 133 Å². The lowest BCUT2D eigenvalue weighted by Crippen LogP contribution is -2.49. The van der Waals surface area contributed by atoms with E-state index in [1.165, 1.54) is 32.1 Å². The summed E-state index contributed by atoms with van der Waals surface area (Å²) in [5, 5.41) is 6.16. The van der Waals surface area contributed by atoms with Gasteiger partial charge in [0.15, 0.2) is 0 Å². The van der Waals surface area contributed by atoms with Crippen molar-refractivity contribution in [2.45, 2.75) is 63.8 Å². The summed E-state index contributed by atoms with van der Waals surface area (Å²) in [6.07, 6.45) is 10.5. The minimum atomic E-state index is -0.0257. The summed E-state index contributed by atoms with van der Waals surface area (Å²) in [5.74, 6) is 0.785. The fourth-order valence-corrected chi connectivity index (χ4v) is 3.65. The molecule has 124 valence electrons. The fourth-order valence-electron chi connectivity index (χ4n) is 3.65. The molecule has 5 heteroatoms. The third kappa shape index (κ3) is 4.37. The van der Waals surface area contributed by atoms with Gasteiger partial charge in [0.2, 0.25) is 5.91 Å². The minimum absolute atomic E-state index is 0.0206. The second kappa shape index (κ2) is 7.34. The predicted octanol–water partition coefficient (Wildman–Crippen LogP) is 2.27. The predicted molar refractivity (Wildman–Crippen MR) is 85.4 cm³/mol. The molecule has 2 N–H and O–H groups in total. The van der Waals surface area contributed by atoms with Gasteiger partial charge < -0.3 is 15.5 Å². The van der Waals surface area contributed by atoms with E-state index in [0.717, 1.165) is 38.8 Å². The number of urea groups is 1. The van der Waals surface area contributed by atoms with E-state index >= 15 is 0 Å². The quantitative estimate of drug-likeness (QED) is 0.837. The van der Waals surface area contributed by atoms with Crippen LogP contribution in [0.15, 0.2) is 0 Å². The van der Waals surface area contributed by atoms with Gasteiger partial charge >= 0.3 is 6.03 Å². The summed E-state index contributed by atoms with van der Waals surface area (Å²) in [6.45, 7) is 2.18. The number of amides is 3. The topological polar surface area (TPSA) is 61.4 Å². The molecule has 0 bridgehead atoms. The van der Waals surface area contributed by atoms with Gasteiger partial charge in [0.25, 0.3) is 0 Å². The SMILES string of the molecule is O=C(NCC1CCCCC1)C1CCCN(C(=O)NC2CC2)C1. The Kier molecular flexibility index (Phi) is 5.21. The van der Waals surface area contributed by atoms with Crippen LogP contribution in [0, 0.1) is 11.8 Å². The first-order valence-electron chi connectivity index (χ1n) is 9.05. The third-order valence-electron chi connectivity index (χ3n) is 5.27. The van der Waals surface area contributed by atoms with Crippen LogP contribution in [-0.4, -0.2) is 42.5 Å². The molecule has 3 aliphatic rings. The molecular weight excluding hydrogens is 278 g/mol. The van der Waals surface area contributed by atoms with Gasteiger partial charge in [-0.3, -0.25) is 4.79 Å². The second-order valence-corrected chi connectivity index (χ2v) is 7.26. The van der Waals surface area contributed by atoms with Crippen molar-refractivity contribution in [3.63, 3.8) is 0 Å². The summed E-state index contributed by atoms with van der Waals surface area (Å²) in [6, 6.07) is 0.403. The maximum absolute atomic E-state index is 12.4. The maximum Gasteiger partial charge on any atom is 0.317 e. The molecule has 0 aromatic heterocycles. The van der Waals surface area contributed by atoms with Crippen LogP contribution < -0.4 is 10.6 Å². The highest BCUT2D eigenvalue weighted by Crippen LogP contribution is 2.24. The van der Waals surface area contributed by atoms with Crippen LogP contribution in [0.4, 0.5) is 4.79 Å². The fraction of sp³-hybridized carbons (Fsp3) is 0.882. The zero-order valence-electron chi connectivity index (χ0n) is 13.5. The van der Waals surface area contributed by atoms with Gasteiger partial charge in [-0.05, 0) is 44.4 Å². The largest absolute Gasteiger partial charge is 0.356 e. The van der Waals surface area contributed by atoms with Gasteiger partial charge in [0, 0.05) is 25.7 Å². The molecule has 2 saturated carbocycles. The van der Waals surface area contributed by atoms with Gasteiger partial charge in [-0.2, -0.15) is 0 Å². The van der Waals surface area contributed by atoms with Crippen molar-refractivity contribution >= 4 is 11.9 Å². The average Bonchev–Trinajstić information content (AvgIpc) is 3.37. The molecule has 1 saturated heterocycles. The lowest BCUT2D eigenvalue weighted by molar-refractivity contribution is -0.126. The monoisotopic (exact) mass is 307 g/mol. The highest BCUT2D eigenvalue weighted by atomic mass is 16.2. The lowest BCUT2D eigenvalue weighted by atomic mass is 9.89. The number of carbonyl (C=O) groups excluding carboxylic acids is 2. The Hall–Kier alpha value is -1.26. The Balaban J connectivity index is 1.41. The first-order chi connectivity index (χ1) is 10.7. The third-order valence-corrected chi connectivity index (χ3v) is 5.27. The number of nitrogens with zero attached hydrogens (tertiary/aromatic N) is 1. The molecule has 0 aromatic rings. The van der Waals surface area contributed by atoms with Crippen molar-refractivity contribution in [2.75, 3.05) is 19.6 Å². The summed E-state index contributed by atoms with van der Waals surface area (Å²) < 4.78 is 0. The molecule has 3 rings (SSSR count). The smallest absolute Gasteiger partial charge is 0.317 e. The number of hydrogen-bond acceptors (Lipinski definition) is 2. The normalized spacial score (nSPS) is 26.5. The van der Waals surface area contributed by atoms with E-state index in [1.54, 1.807) is 0 Å². The first kappa shape index (κ1) is 15.6. The molecule has 3 fully saturated rings. The van der Waals surface area contributed by atoms with Gasteiger partial charge in [-0.1, -0.05) is 19.3 Å². The summed E-state index contributed by atoms with van der Waals surface area (Å²) >= 11 is 0. The summed E-state index contributed by atoms with van der Waals surface area (Å²) in [5.41, 5.74) is 0. The number of piperidine rings is 1. The Bertz CT molecular complexity index is 403. The highest BCUT2D eigenvalue weighted by Gasteiger charge is 2.31.